The van der Waals surface area contributed by atoms with Crippen LogP contribution in [0.15, 0.2) is 40.2 Å². The van der Waals surface area contributed by atoms with Crippen LogP contribution < -0.4 is 0 Å². The predicted molar refractivity (Wildman–Crippen MR) is 63.6 cm³/mol. The molecule has 1 aromatic carbocycles. The number of hydrogen-bond donors (Lipinski definition) is 1. The van der Waals surface area contributed by atoms with Gasteiger partial charge in [-0.2, -0.15) is 0 Å². The van der Waals surface area contributed by atoms with Crippen molar-refractivity contribution in [3.8, 4) is 0 Å². The Labute approximate surface area is 104 Å². The molecule has 0 N–H and O–H groups in total. The molecule has 1 nitrogen and oxygen atoms in total. The van der Waals surface area contributed by atoms with Crippen LogP contribution in [-0.2, 0) is 4.74 Å². The summed E-state index contributed by atoms with van der Waals surface area (Å²) in [7, 11) is 0. The molecule has 14 heavy (non-hydrogen) atoms. The average molecular weight is 321 g/mol. The molecule has 0 amide bonds. The van der Waals surface area contributed by atoms with Crippen LogP contribution in [0.2, 0.25) is 0 Å². The monoisotopic (exact) mass is 323 g/mol. The van der Waals surface area contributed by atoms with Gasteiger partial charge in [0.25, 0.3) is 0 Å². The molecule has 1 atom stereocenters. The van der Waals surface area contributed by atoms with Gasteiger partial charge >= 0.3 is 104 Å². The van der Waals surface area contributed by atoms with E-state index in [1.54, 1.807) is 6.26 Å². The molecule has 0 heterocycles. The molecule has 75 valence electrons. The predicted octanol–water partition coefficient (Wildman–Crippen LogP) is 2.70. The van der Waals surface area contributed by atoms with Crippen LogP contribution in [0.25, 0.3) is 0 Å². The van der Waals surface area contributed by atoms with Crippen molar-refractivity contribution in [1.82, 2.24) is 0 Å². The Morgan fingerprint density at radius 3 is 2.71 bits per heavy atom. The first-order valence-corrected chi connectivity index (χ1v) is 6.15. The van der Waals surface area contributed by atoms with E-state index in [2.05, 4.69) is 24.8 Å². The van der Waals surface area contributed by atoms with Crippen molar-refractivity contribution in [3.05, 3.63) is 45.8 Å². The molecule has 1 radical (unpaired) electrons. The maximum absolute atomic E-state index is 5.23. The second-order valence-corrected chi connectivity index (χ2v) is 4.65. The summed E-state index contributed by atoms with van der Waals surface area (Å²) >= 11 is 6.49. The van der Waals surface area contributed by atoms with E-state index in [-0.39, 0.29) is 5.25 Å². The molecular formula is C11H13OSTe. The van der Waals surface area contributed by atoms with E-state index in [4.69, 9.17) is 4.74 Å². The van der Waals surface area contributed by atoms with Crippen LogP contribution in [0.1, 0.15) is 17.7 Å². The Kier molecular flexibility index (Phi) is 5.47. The molecule has 1 aromatic rings. The molecule has 0 spiro atoms. The van der Waals surface area contributed by atoms with E-state index in [1.807, 2.05) is 47.4 Å². The van der Waals surface area contributed by atoms with Gasteiger partial charge in [-0.05, 0) is 0 Å². The summed E-state index contributed by atoms with van der Waals surface area (Å²) < 4.78 is 6.37. The number of ether oxygens (including phenoxy) is 1. The fraction of sp³-hybridized carbons (Fsp3) is 0.273. The van der Waals surface area contributed by atoms with Gasteiger partial charge in [0.05, 0.1) is 0 Å². The summed E-state index contributed by atoms with van der Waals surface area (Å²) in [4.78, 5) is 0. The van der Waals surface area contributed by atoms with Gasteiger partial charge in [0.15, 0.2) is 0 Å². The van der Waals surface area contributed by atoms with E-state index >= 15 is 0 Å². The first kappa shape index (κ1) is 12.0. The minimum atomic E-state index is 0.132. The quantitative estimate of drug-likeness (QED) is 0.510. The van der Waals surface area contributed by atoms with Crippen molar-refractivity contribution in [2.45, 2.75) is 12.2 Å². The fourth-order valence-electron chi connectivity index (χ4n) is 1.03. The molecule has 0 saturated heterocycles. The van der Waals surface area contributed by atoms with Crippen molar-refractivity contribution < 1.29 is 4.74 Å². The van der Waals surface area contributed by atoms with E-state index in [9.17, 15) is 0 Å². The standard InChI is InChI=1S/C11H13OSTe/c1-2-12-8-10(14)11(13)9-6-4-3-5-7-9/h3-8,11,13H,2H2,1H3/b10-8+. The summed E-state index contributed by atoms with van der Waals surface area (Å²) in [5, 5.41) is 0.132. The van der Waals surface area contributed by atoms with Crippen LogP contribution in [0.5, 0.6) is 0 Å². The van der Waals surface area contributed by atoms with Crippen molar-refractivity contribution in [2.24, 2.45) is 0 Å². The van der Waals surface area contributed by atoms with Gasteiger partial charge in [-0.15, -0.1) is 0 Å². The third kappa shape index (κ3) is 3.57. The van der Waals surface area contributed by atoms with Crippen molar-refractivity contribution >= 4 is 34.9 Å². The van der Waals surface area contributed by atoms with Crippen LogP contribution in [-0.4, -0.2) is 28.9 Å². The molecule has 0 saturated carbocycles. The van der Waals surface area contributed by atoms with Crippen molar-refractivity contribution in [2.75, 3.05) is 6.61 Å². The van der Waals surface area contributed by atoms with Crippen LogP contribution in [0.4, 0.5) is 0 Å². The minimum absolute atomic E-state index is 0.132. The van der Waals surface area contributed by atoms with E-state index in [0.717, 1.165) is 3.62 Å². The molecule has 1 unspecified atom stereocenters. The first-order chi connectivity index (χ1) is 6.75. The van der Waals surface area contributed by atoms with Gasteiger partial charge in [0.2, 0.25) is 0 Å². The molecule has 0 aliphatic heterocycles. The molecule has 0 aliphatic carbocycles. The van der Waals surface area contributed by atoms with Gasteiger partial charge in [0.1, 0.15) is 0 Å². The molecule has 3 heteroatoms. The first-order valence-electron chi connectivity index (χ1n) is 4.47. The number of rotatable bonds is 4. The third-order valence-corrected chi connectivity index (χ3v) is 3.82. The summed E-state index contributed by atoms with van der Waals surface area (Å²) in [5.41, 5.74) is 1.20. The summed E-state index contributed by atoms with van der Waals surface area (Å²) in [5.74, 6) is 0. The van der Waals surface area contributed by atoms with Gasteiger partial charge in [-0.1, -0.05) is 0 Å². The summed E-state index contributed by atoms with van der Waals surface area (Å²) in [6.07, 6.45) is 1.79. The normalized spacial score (nSPS) is 13.7. The second-order valence-electron chi connectivity index (χ2n) is 2.79. The molecule has 1 rings (SSSR count). The van der Waals surface area contributed by atoms with Crippen LogP contribution >= 0.6 is 12.6 Å². The molecule has 0 fully saturated rings. The summed E-state index contributed by atoms with van der Waals surface area (Å²) in [6, 6.07) is 10.2. The SMILES string of the molecule is CCO/C=C(/[Te])C(S)c1ccccc1. The Morgan fingerprint density at radius 1 is 1.50 bits per heavy atom. The van der Waals surface area contributed by atoms with Gasteiger partial charge in [0, 0.05) is 0 Å². The number of hydrogen-bond acceptors (Lipinski definition) is 2. The van der Waals surface area contributed by atoms with Crippen molar-refractivity contribution in [1.29, 1.82) is 0 Å². The molecule has 0 aliphatic rings. The Balaban J connectivity index is 2.70. The van der Waals surface area contributed by atoms with Crippen LogP contribution in [0.3, 0.4) is 0 Å². The second kappa shape index (κ2) is 6.40. The maximum atomic E-state index is 5.23. The van der Waals surface area contributed by atoms with Gasteiger partial charge < -0.3 is 0 Å². The summed E-state index contributed by atoms with van der Waals surface area (Å²) in [6.45, 7) is 2.68. The third-order valence-electron chi connectivity index (χ3n) is 1.75. The Morgan fingerprint density at radius 2 is 2.14 bits per heavy atom. The van der Waals surface area contributed by atoms with E-state index < -0.39 is 0 Å². The average Bonchev–Trinajstić information content (AvgIpc) is 2.26. The van der Waals surface area contributed by atoms with Crippen LogP contribution in [0, 0.1) is 0 Å². The zero-order chi connectivity index (χ0) is 10.4. The Hall–Kier alpha value is -0.100. The Bertz CT molecular complexity index is 297. The van der Waals surface area contributed by atoms with Gasteiger partial charge in [-0.3, -0.25) is 0 Å². The van der Waals surface area contributed by atoms with Crippen molar-refractivity contribution in [3.63, 3.8) is 0 Å². The van der Waals surface area contributed by atoms with E-state index in [0.29, 0.717) is 6.61 Å². The topological polar surface area (TPSA) is 9.23 Å². The number of benzene rings is 1. The number of thiol groups is 1. The molecule has 0 aromatic heterocycles. The fourth-order valence-corrected chi connectivity index (χ4v) is 1.85. The molecular weight excluding hydrogens is 308 g/mol. The zero-order valence-electron chi connectivity index (χ0n) is 8.01. The molecule has 0 bridgehead atoms. The zero-order valence-corrected chi connectivity index (χ0v) is 11.2. The van der Waals surface area contributed by atoms with E-state index in [1.165, 1.54) is 5.56 Å². The van der Waals surface area contributed by atoms with Gasteiger partial charge in [-0.25, -0.2) is 0 Å².